The molecule has 0 fully saturated rings. The number of hydrogen-bond donors (Lipinski definition) is 3. The molecule has 298 valence electrons. The van der Waals surface area contributed by atoms with Crippen LogP contribution in [0.2, 0.25) is 18.1 Å². The SMILES string of the molecule is CCOC(=O)c1c(-c2ccc(OCc3ccc(C(C)C)c(CC(O)CCC(C)(C)[Si](C)(C)O)c3)cc2)c(-c2ccncc2)nn1CCNC(=O)OC(C)(C)C. The number of pyridine rings is 1. The van der Waals surface area contributed by atoms with Crippen molar-refractivity contribution in [3.8, 4) is 28.1 Å². The van der Waals surface area contributed by atoms with Crippen LogP contribution < -0.4 is 10.1 Å². The molecular weight excluding hydrogens is 713 g/mol. The molecule has 0 radical (unpaired) electrons. The number of hydrogen-bond acceptors (Lipinski definition) is 9. The van der Waals surface area contributed by atoms with E-state index in [1.165, 1.54) is 5.56 Å². The Morgan fingerprint density at radius 1 is 0.964 bits per heavy atom. The molecule has 0 bridgehead atoms. The van der Waals surface area contributed by atoms with Gasteiger partial charge in [-0.25, -0.2) is 9.59 Å². The van der Waals surface area contributed by atoms with Crippen LogP contribution in [-0.4, -0.2) is 69.9 Å². The van der Waals surface area contributed by atoms with Gasteiger partial charge in [0, 0.05) is 30.1 Å². The van der Waals surface area contributed by atoms with Crippen LogP contribution >= 0.6 is 0 Å². The number of ether oxygens (including phenoxy) is 3. The minimum atomic E-state index is -2.36. The molecule has 1 unspecified atom stereocenters. The van der Waals surface area contributed by atoms with E-state index >= 15 is 0 Å². The number of alkyl carbamates (subject to hydrolysis) is 1. The molecule has 11 nitrogen and oxygen atoms in total. The Morgan fingerprint density at radius 2 is 1.64 bits per heavy atom. The monoisotopic (exact) mass is 772 g/mol. The van der Waals surface area contributed by atoms with Gasteiger partial charge in [0.25, 0.3) is 0 Å². The van der Waals surface area contributed by atoms with E-state index in [1.54, 1.807) is 44.8 Å². The number of aromatic nitrogens is 3. The summed E-state index contributed by atoms with van der Waals surface area (Å²) in [6, 6.07) is 17.5. The van der Waals surface area contributed by atoms with Crippen molar-refractivity contribution in [1.29, 1.82) is 0 Å². The van der Waals surface area contributed by atoms with Gasteiger partial charge in [0.15, 0.2) is 14.0 Å². The summed E-state index contributed by atoms with van der Waals surface area (Å²) in [7, 11) is -2.36. The molecule has 2 aromatic carbocycles. The molecule has 4 aromatic rings. The van der Waals surface area contributed by atoms with E-state index in [9.17, 15) is 19.5 Å². The summed E-state index contributed by atoms with van der Waals surface area (Å²) in [5.74, 6) is 0.414. The van der Waals surface area contributed by atoms with Gasteiger partial charge in [-0.2, -0.15) is 5.10 Å². The fourth-order valence-corrected chi connectivity index (χ4v) is 6.91. The quantitative estimate of drug-likeness (QED) is 0.0709. The molecule has 0 aliphatic rings. The van der Waals surface area contributed by atoms with E-state index in [4.69, 9.17) is 19.3 Å². The lowest BCUT2D eigenvalue weighted by Crippen LogP contribution is -2.39. The number of nitrogens with one attached hydrogen (secondary N) is 1. The van der Waals surface area contributed by atoms with E-state index in [2.05, 4.69) is 56.2 Å². The first kappa shape index (κ1) is 43.2. The van der Waals surface area contributed by atoms with Crippen molar-refractivity contribution in [2.75, 3.05) is 13.2 Å². The molecule has 0 spiro atoms. The van der Waals surface area contributed by atoms with Crippen LogP contribution in [0.15, 0.2) is 67.0 Å². The Kier molecular flexibility index (Phi) is 14.5. The number of aliphatic hydroxyl groups is 1. The van der Waals surface area contributed by atoms with E-state index in [-0.39, 0.29) is 30.4 Å². The summed E-state index contributed by atoms with van der Waals surface area (Å²) >= 11 is 0. The standard InChI is InChI=1S/C43H60N4O7Si/c1-11-52-40(49)39-37(38(32-19-22-44-23-20-32)46-47(39)25-24-45-41(50)54-42(4,5)6)31-13-15-35(16-14-31)53-28-30-12-17-36(29(2)3)33(26-30)27-34(48)18-21-43(7,8)55(9,10)51/h12-17,19-20,22-23,26,29,34,48,51H,11,18,21,24-25,27-28H2,1-10H3,(H,45,50). The predicted octanol–water partition coefficient (Wildman–Crippen LogP) is 8.68. The highest BCUT2D eigenvalue weighted by Gasteiger charge is 2.38. The topological polar surface area (TPSA) is 145 Å². The van der Waals surface area contributed by atoms with Gasteiger partial charge in [0.05, 0.1) is 19.3 Å². The van der Waals surface area contributed by atoms with Gasteiger partial charge >= 0.3 is 12.1 Å². The lowest BCUT2D eigenvalue weighted by molar-refractivity contribution is 0.0512. The third-order valence-corrected chi connectivity index (χ3v) is 13.5. The Hall–Kier alpha value is -4.52. The Bertz CT molecular complexity index is 1880. The normalized spacial score (nSPS) is 12.7. The van der Waals surface area contributed by atoms with E-state index in [0.717, 1.165) is 28.7 Å². The fraction of sp³-hybridized carbons (Fsp3) is 0.488. The second-order valence-electron chi connectivity index (χ2n) is 16.5. The summed E-state index contributed by atoms with van der Waals surface area (Å²) in [5, 5.41) is 18.5. The van der Waals surface area contributed by atoms with Crippen LogP contribution in [0.5, 0.6) is 5.75 Å². The molecule has 55 heavy (non-hydrogen) atoms. The van der Waals surface area contributed by atoms with E-state index < -0.39 is 32.1 Å². The number of carbonyl (C=O) groups excluding carboxylic acids is 2. The third kappa shape index (κ3) is 12.0. The maximum absolute atomic E-state index is 13.5. The van der Waals surface area contributed by atoms with Gasteiger partial charge in [-0.1, -0.05) is 58.0 Å². The molecule has 0 aliphatic heterocycles. The zero-order valence-corrected chi connectivity index (χ0v) is 35.2. The van der Waals surface area contributed by atoms with Crippen molar-refractivity contribution in [1.82, 2.24) is 20.1 Å². The van der Waals surface area contributed by atoms with Crippen molar-refractivity contribution >= 4 is 20.4 Å². The van der Waals surface area contributed by atoms with Gasteiger partial charge in [-0.05, 0) is 118 Å². The Labute approximate surface area is 327 Å². The number of nitrogens with zero attached hydrogens (tertiary/aromatic N) is 3. The first-order valence-corrected chi connectivity index (χ1v) is 22.1. The smallest absolute Gasteiger partial charge is 0.407 e. The van der Waals surface area contributed by atoms with E-state index in [1.807, 2.05) is 49.5 Å². The molecule has 0 aliphatic carbocycles. The van der Waals surface area contributed by atoms with Crippen LogP contribution in [0.4, 0.5) is 4.79 Å². The second kappa shape index (κ2) is 18.4. The highest BCUT2D eigenvalue weighted by molar-refractivity contribution is 6.72. The van der Waals surface area contributed by atoms with Crippen LogP contribution in [0.25, 0.3) is 22.4 Å². The van der Waals surface area contributed by atoms with E-state index in [0.29, 0.717) is 42.4 Å². The van der Waals surface area contributed by atoms with Crippen LogP contribution in [0, 0.1) is 0 Å². The molecule has 1 amide bonds. The number of esters is 1. The van der Waals surface area contributed by atoms with Crippen LogP contribution in [-0.2, 0) is 29.0 Å². The molecule has 12 heteroatoms. The average molecular weight is 773 g/mol. The maximum Gasteiger partial charge on any atom is 0.407 e. The first-order valence-electron chi connectivity index (χ1n) is 19.2. The Morgan fingerprint density at radius 3 is 2.24 bits per heavy atom. The van der Waals surface area contributed by atoms with Gasteiger partial charge in [0.2, 0.25) is 0 Å². The van der Waals surface area contributed by atoms with Crippen molar-refractivity contribution in [2.45, 2.75) is 124 Å². The molecule has 0 saturated heterocycles. The zero-order chi connectivity index (χ0) is 40.6. The highest BCUT2D eigenvalue weighted by atomic mass is 28.4. The molecule has 2 aromatic heterocycles. The fourth-order valence-electron chi connectivity index (χ4n) is 6.16. The number of carbonyl (C=O) groups is 2. The van der Waals surface area contributed by atoms with Crippen LogP contribution in [0.3, 0.4) is 0 Å². The summed E-state index contributed by atoms with van der Waals surface area (Å²) in [4.78, 5) is 40.8. The van der Waals surface area contributed by atoms with Gasteiger partial charge in [-0.3, -0.25) is 9.67 Å². The number of aliphatic hydroxyl groups excluding tert-OH is 1. The van der Waals surface area contributed by atoms with Crippen molar-refractivity contribution in [2.24, 2.45) is 0 Å². The lowest BCUT2D eigenvalue weighted by atomic mass is 9.90. The van der Waals surface area contributed by atoms with Crippen molar-refractivity contribution in [3.63, 3.8) is 0 Å². The summed E-state index contributed by atoms with van der Waals surface area (Å²) in [6.45, 7) is 20.4. The third-order valence-electron chi connectivity index (χ3n) is 9.96. The predicted molar refractivity (Wildman–Crippen MR) is 219 cm³/mol. The highest BCUT2D eigenvalue weighted by Crippen LogP contribution is 2.40. The van der Waals surface area contributed by atoms with Crippen molar-refractivity contribution < 1.29 is 33.7 Å². The molecular formula is C43H60N4O7Si. The number of amides is 1. The minimum absolute atomic E-state index is 0.172. The van der Waals surface area contributed by atoms with Gasteiger partial charge in [-0.15, -0.1) is 0 Å². The molecule has 1 atom stereocenters. The van der Waals surface area contributed by atoms with Crippen LogP contribution in [0.1, 0.15) is 101 Å². The largest absolute Gasteiger partial charge is 0.489 e. The summed E-state index contributed by atoms with van der Waals surface area (Å²) in [6.07, 6.45) is 4.18. The molecule has 0 saturated carbocycles. The lowest BCUT2D eigenvalue weighted by Gasteiger charge is -2.35. The van der Waals surface area contributed by atoms with Gasteiger partial charge < -0.3 is 29.4 Å². The number of rotatable bonds is 17. The Balaban J connectivity index is 1.57. The molecule has 3 N–H and O–H groups in total. The summed E-state index contributed by atoms with van der Waals surface area (Å²) < 4.78 is 18.7. The first-order chi connectivity index (χ1) is 25.8. The van der Waals surface area contributed by atoms with Crippen molar-refractivity contribution in [3.05, 3.63) is 89.4 Å². The second-order valence-corrected chi connectivity index (χ2v) is 21.0. The molecule has 4 rings (SSSR count). The molecule has 2 heterocycles. The average Bonchev–Trinajstić information content (AvgIpc) is 3.49. The summed E-state index contributed by atoms with van der Waals surface area (Å²) in [5.41, 5.74) is 5.58. The zero-order valence-electron chi connectivity index (χ0n) is 34.2. The minimum Gasteiger partial charge on any atom is -0.489 e. The van der Waals surface area contributed by atoms with Gasteiger partial charge in [0.1, 0.15) is 23.7 Å². The number of benzene rings is 2. The maximum atomic E-state index is 13.5.